The van der Waals surface area contributed by atoms with Gasteiger partial charge in [-0.05, 0) is 49.4 Å². The number of nitrogens with zero attached hydrogens (tertiary/aromatic N) is 1. The first-order valence-corrected chi connectivity index (χ1v) is 8.60. The Hall–Kier alpha value is -0.910. The molecule has 0 aromatic heterocycles. The minimum Gasteiger partial charge on any atom is -0.310 e. The van der Waals surface area contributed by atoms with Crippen molar-refractivity contribution in [3.63, 3.8) is 0 Å². The van der Waals surface area contributed by atoms with E-state index in [1.165, 1.54) is 17.1 Å². The summed E-state index contributed by atoms with van der Waals surface area (Å²) in [5, 5.41) is 3.45. The third-order valence-electron chi connectivity index (χ3n) is 3.93. The average molecular weight is 296 g/mol. The first kappa shape index (κ1) is 15.5. The van der Waals surface area contributed by atoms with Gasteiger partial charge in [-0.25, -0.2) is 12.7 Å². The lowest BCUT2D eigenvalue weighted by Gasteiger charge is -2.18. The Morgan fingerprint density at radius 1 is 1.25 bits per heavy atom. The monoisotopic (exact) mass is 296 g/mol. The molecule has 1 aliphatic carbocycles. The van der Waals surface area contributed by atoms with Crippen LogP contribution in [0.15, 0.2) is 17.0 Å². The molecule has 1 saturated carbocycles. The van der Waals surface area contributed by atoms with E-state index in [1.54, 1.807) is 7.05 Å². The van der Waals surface area contributed by atoms with Crippen molar-refractivity contribution >= 4 is 10.0 Å². The Labute approximate surface area is 122 Å². The van der Waals surface area contributed by atoms with Crippen molar-refractivity contribution in [2.24, 2.45) is 0 Å². The molecule has 0 saturated heterocycles. The van der Waals surface area contributed by atoms with Gasteiger partial charge in [0, 0.05) is 26.2 Å². The fraction of sp³-hybridized carbons (Fsp3) is 0.600. The topological polar surface area (TPSA) is 49.4 Å². The maximum Gasteiger partial charge on any atom is 0.243 e. The normalized spacial score (nSPS) is 15.8. The van der Waals surface area contributed by atoms with E-state index >= 15 is 0 Å². The van der Waals surface area contributed by atoms with Gasteiger partial charge in [0.05, 0.1) is 4.90 Å². The highest BCUT2D eigenvalue weighted by molar-refractivity contribution is 7.89. The van der Waals surface area contributed by atoms with Crippen LogP contribution in [0, 0.1) is 13.8 Å². The zero-order chi connectivity index (χ0) is 14.9. The molecule has 0 aliphatic heterocycles. The zero-order valence-electron chi connectivity index (χ0n) is 12.7. The van der Waals surface area contributed by atoms with Crippen LogP contribution in [-0.4, -0.2) is 32.4 Å². The second kappa shape index (κ2) is 5.84. The maximum atomic E-state index is 12.5. The molecule has 0 bridgehead atoms. The van der Waals surface area contributed by atoms with Gasteiger partial charge in [-0.1, -0.05) is 13.0 Å². The maximum absolute atomic E-state index is 12.5. The number of sulfonamides is 1. The fourth-order valence-corrected chi connectivity index (χ4v) is 3.66. The smallest absolute Gasteiger partial charge is 0.243 e. The lowest BCUT2D eigenvalue weighted by atomic mass is 10.1. The molecule has 1 fully saturated rings. The van der Waals surface area contributed by atoms with E-state index in [1.807, 2.05) is 32.9 Å². The minimum atomic E-state index is -3.38. The molecule has 112 valence electrons. The summed E-state index contributed by atoms with van der Waals surface area (Å²) in [6, 6.07) is 4.43. The summed E-state index contributed by atoms with van der Waals surface area (Å²) in [5.74, 6) is 0. The molecule has 4 nitrogen and oxygen atoms in total. The number of rotatable bonds is 6. The summed E-state index contributed by atoms with van der Waals surface area (Å²) in [4.78, 5) is 0.431. The molecule has 1 aliphatic rings. The number of aryl methyl sites for hydroxylation is 2. The van der Waals surface area contributed by atoms with E-state index in [-0.39, 0.29) is 0 Å². The quantitative estimate of drug-likeness (QED) is 0.875. The third-order valence-corrected chi connectivity index (χ3v) is 6.00. The van der Waals surface area contributed by atoms with Gasteiger partial charge in [-0.15, -0.1) is 0 Å². The summed E-state index contributed by atoms with van der Waals surface area (Å²) in [7, 11) is -1.75. The zero-order valence-corrected chi connectivity index (χ0v) is 13.5. The molecule has 0 heterocycles. The van der Waals surface area contributed by atoms with E-state index in [9.17, 15) is 8.42 Å². The molecule has 0 unspecified atom stereocenters. The van der Waals surface area contributed by atoms with Crippen LogP contribution in [-0.2, 0) is 16.6 Å². The summed E-state index contributed by atoms with van der Waals surface area (Å²) in [6.45, 7) is 6.97. The number of benzene rings is 1. The molecule has 5 heteroatoms. The SMILES string of the molecule is CCN(C)S(=O)(=O)c1cc(CNC2CC2)c(C)cc1C. The molecule has 0 amide bonds. The summed E-state index contributed by atoms with van der Waals surface area (Å²) >= 11 is 0. The standard InChI is InChI=1S/C15H24N2O2S/c1-5-17(4)20(18,19)15-9-13(10-16-14-6-7-14)11(2)8-12(15)3/h8-9,14,16H,5-7,10H2,1-4H3. The van der Waals surface area contributed by atoms with E-state index in [2.05, 4.69) is 5.32 Å². The molecule has 2 rings (SSSR count). The van der Waals surface area contributed by atoms with Crippen LogP contribution < -0.4 is 5.32 Å². The lowest BCUT2D eigenvalue weighted by Crippen LogP contribution is -2.27. The van der Waals surface area contributed by atoms with Gasteiger partial charge in [0.25, 0.3) is 0 Å². The van der Waals surface area contributed by atoms with Crippen LogP contribution in [0.5, 0.6) is 0 Å². The highest BCUT2D eigenvalue weighted by Crippen LogP contribution is 2.25. The van der Waals surface area contributed by atoms with E-state index in [4.69, 9.17) is 0 Å². The molecule has 1 aromatic rings. The molecular weight excluding hydrogens is 272 g/mol. The minimum absolute atomic E-state index is 0.431. The van der Waals surface area contributed by atoms with Gasteiger partial charge in [0.15, 0.2) is 0 Å². The van der Waals surface area contributed by atoms with Crippen molar-refractivity contribution in [3.8, 4) is 0 Å². The molecule has 1 aromatic carbocycles. The van der Waals surface area contributed by atoms with Crippen molar-refractivity contribution in [2.45, 2.75) is 51.1 Å². The van der Waals surface area contributed by atoms with E-state index < -0.39 is 10.0 Å². The van der Waals surface area contributed by atoms with Gasteiger partial charge in [0.2, 0.25) is 10.0 Å². The number of hydrogen-bond donors (Lipinski definition) is 1. The Kier molecular flexibility index (Phi) is 4.52. The fourth-order valence-electron chi connectivity index (χ4n) is 2.22. The first-order valence-electron chi connectivity index (χ1n) is 7.16. The highest BCUT2D eigenvalue weighted by Gasteiger charge is 2.24. The first-order chi connectivity index (χ1) is 9.36. The van der Waals surface area contributed by atoms with Crippen molar-refractivity contribution < 1.29 is 8.42 Å². The summed E-state index contributed by atoms with van der Waals surface area (Å²) < 4.78 is 26.4. The lowest BCUT2D eigenvalue weighted by molar-refractivity contribution is 0.485. The Morgan fingerprint density at radius 2 is 1.90 bits per heavy atom. The molecule has 0 atom stereocenters. The Balaban J connectivity index is 2.34. The largest absolute Gasteiger partial charge is 0.310 e. The van der Waals surface area contributed by atoms with Gasteiger partial charge in [0.1, 0.15) is 0 Å². The van der Waals surface area contributed by atoms with Crippen LogP contribution in [0.4, 0.5) is 0 Å². The second-order valence-electron chi connectivity index (χ2n) is 5.62. The average Bonchev–Trinajstić information content (AvgIpc) is 3.20. The third kappa shape index (κ3) is 3.22. The number of hydrogen-bond acceptors (Lipinski definition) is 3. The Morgan fingerprint density at radius 3 is 2.45 bits per heavy atom. The molecular formula is C15H24N2O2S. The van der Waals surface area contributed by atoms with Crippen molar-refractivity contribution in [1.29, 1.82) is 0 Å². The summed E-state index contributed by atoms with van der Waals surface area (Å²) in [6.07, 6.45) is 2.46. The highest BCUT2D eigenvalue weighted by atomic mass is 32.2. The van der Waals surface area contributed by atoms with Crippen LogP contribution in [0.1, 0.15) is 36.5 Å². The predicted molar refractivity (Wildman–Crippen MR) is 81.3 cm³/mol. The molecule has 0 spiro atoms. The summed E-state index contributed by atoms with van der Waals surface area (Å²) in [5.41, 5.74) is 3.04. The predicted octanol–water partition coefficient (Wildman–Crippen LogP) is 2.20. The molecule has 20 heavy (non-hydrogen) atoms. The van der Waals surface area contributed by atoms with E-state index in [0.717, 1.165) is 23.2 Å². The van der Waals surface area contributed by atoms with Crippen LogP contribution in [0.25, 0.3) is 0 Å². The van der Waals surface area contributed by atoms with Crippen molar-refractivity contribution in [2.75, 3.05) is 13.6 Å². The number of nitrogens with one attached hydrogen (secondary N) is 1. The van der Waals surface area contributed by atoms with Crippen molar-refractivity contribution in [3.05, 3.63) is 28.8 Å². The van der Waals surface area contributed by atoms with Crippen molar-refractivity contribution in [1.82, 2.24) is 9.62 Å². The van der Waals surface area contributed by atoms with Crippen LogP contribution in [0.3, 0.4) is 0 Å². The van der Waals surface area contributed by atoms with Gasteiger partial charge in [-0.2, -0.15) is 0 Å². The molecule has 0 radical (unpaired) electrons. The van der Waals surface area contributed by atoms with Crippen LogP contribution in [0.2, 0.25) is 0 Å². The molecule has 1 N–H and O–H groups in total. The van der Waals surface area contributed by atoms with Gasteiger partial charge >= 0.3 is 0 Å². The Bertz CT molecular complexity index is 592. The van der Waals surface area contributed by atoms with Gasteiger partial charge < -0.3 is 5.32 Å². The second-order valence-corrected chi connectivity index (χ2v) is 7.63. The van der Waals surface area contributed by atoms with E-state index in [0.29, 0.717) is 17.5 Å². The van der Waals surface area contributed by atoms with Gasteiger partial charge in [-0.3, -0.25) is 0 Å². The van der Waals surface area contributed by atoms with Crippen LogP contribution >= 0.6 is 0 Å².